The molecule has 9 heteroatoms. The van der Waals surface area contributed by atoms with Crippen LogP contribution in [0.25, 0.3) is 0 Å². The van der Waals surface area contributed by atoms with Crippen molar-refractivity contribution in [2.45, 2.75) is 26.3 Å². The van der Waals surface area contributed by atoms with Crippen molar-refractivity contribution in [3.63, 3.8) is 0 Å². The molecule has 2 saturated heterocycles. The van der Waals surface area contributed by atoms with Crippen LogP contribution in [0.1, 0.15) is 39.8 Å². The number of fused-ring (bicyclic) bond motifs is 1. The van der Waals surface area contributed by atoms with Crippen LogP contribution in [0.3, 0.4) is 0 Å². The molecule has 182 valence electrons. The fourth-order valence-corrected chi connectivity index (χ4v) is 5.27. The second kappa shape index (κ2) is 9.97. The Hall–Kier alpha value is -3.20. The minimum absolute atomic E-state index is 0.0241. The lowest BCUT2D eigenvalue weighted by molar-refractivity contribution is 0.0771. The van der Waals surface area contributed by atoms with Gasteiger partial charge in [0, 0.05) is 46.8 Å². The fourth-order valence-electron chi connectivity index (χ4n) is 5.27. The topological polar surface area (TPSA) is 102 Å². The Morgan fingerprint density at radius 2 is 1.65 bits per heavy atom. The molecular formula is C25H34N6O3. The van der Waals surface area contributed by atoms with Crippen molar-refractivity contribution in [3.8, 4) is 0 Å². The van der Waals surface area contributed by atoms with Gasteiger partial charge in [-0.15, -0.1) is 0 Å². The summed E-state index contributed by atoms with van der Waals surface area (Å²) in [7, 11) is 3.78. The van der Waals surface area contributed by atoms with Gasteiger partial charge < -0.3 is 25.1 Å². The van der Waals surface area contributed by atoms with Crippen LogP contribution in [-0.2, 0) is 0 Å². The summed E-state index contributed by atoms with van der Waals surface area (Å²) in [5, 5.41) is 11.9. The average molecular weight is 467 g/mol. The largest absolute Gasteiger partial charge is 0.465 e. The Balaban J connectivity index is 1.34. The molecule has 3 heterocycles. The van der Waals surface area contributed by atoms with E-state index in [-0.39, 0.29) is 11.9 Å². The first-order chi connectivity index (χ1) is 16.2. The lowest BCUT2D eigenvalue weighted by Gasteiger charge is -2.25. The molecule has 2 fully saturated rings. The van der Waals surface area contributed by atoms with Crippen LogP contribution >= 0.6 is 0 Å². The van der Waals surface area contributed by atoms with Gasteiger partial charge in [-0.3, -0.25) is 4.79 Å². The predicted octanol–water partition coefficient (Wildman–Crippen LogP) is 2.56. The lowest BCUT2D eigenvalue weighted by Crippen LogP contribution is -2.35. The monoisotopic (exact) mass is 466 g/mol. The number of carbonyl (C=O) groups excluding carboxylic acids is 1. The zero-order valence-corrected chi connectivity index (χ0v) is 20.4. The van der Waals surface area contributed by atoms with Crippen molar-refractivity contribution in [2.75, 3.05) is 51.7 Å². The number of hydrogen-bond donors (Lipinski definition) is 2. The number of nitrogens with one attached hydrogen (secondary N) is 1. The number of benzene rings is 1. The third-order valence-electron chi connectivity index (χ3n) is 6.96. The Labute approximate surface area is 200 Å². The minimum Gasteiger partial charge on any atom is -0.465 e. The van der Waals surface area contributed by atoms with Gasteiger partial charge in [0.15, 0.2) is 0 Å². The van der Waals surface area contributed by atoms with Gasteiger partial charge in [0.25, 0.3) is 5.91 Å². The lowest BCUT2D eigenvalue weighted by atomic mass is 10.0. The van der Waals surface area contributed by atoms with Crippen molar-refractivity contribution in [1.82, 2.24) is 25.1 Å². The second-order valence-electron chi connectivity index (χ2n) is 9.66. The molecule has 9 nitrogen and oxygen atoms in total. The van der Waals surface area contributed by atoms with Crippen LogP contribution in [0.15, 0.2) is 30.3 Å². The van der Waals surface area contributed by atoms with Gasteiger partial charge in [0.05, 0.1) is 23.0 Å². The smallest absolute Gasteiger partial charge is 0.405 e. The first-order valence-corrected chi connectivity index (χ1v) is 11.8. The highest BCUT2D eigenvalue weighted by molar-refractivity contribution is 5.96. The highest BCUT2D eigenvalue weighted by atomic mass is 16.4. The molecule has 2 unspecified atom stereocenters. The number of aromatic nitrogens is 2. The maximum absolute atomic E-state index is 13.3. The quantitative estimate of drug-likeness (QED) is 0.647. The zero-order chi connectivity index (χ0) is 24.4. The maximum atomic E-state index is 13.3. The third kappa shape index (κ3) is 5.14. The molecule has 2 aromatic rings. The molecule has 0 bridgehead atoms. The van der Waals surface area contributed by atoms with E-state index < -0.39 is 6.09 Å². The molecule has 2 aliphatic heterocycles. The number of amides is 2. The Morgan fingerprint density at radius 1 is 1.06 bits per heavy atom. The Morgan fingerprint density at radius 3 is 2.18 bits per heavy atom. The van der Waals surface area contributed by atoms with Crippen LogP contribution in [0.2, 0.25) is 0 Å². The highest BCUT2D eigenvalue weighted by Crippen LogP contribution is 2.33. The fraction of sp³-hybridized carbons (Fsp3) is 0.520. The molecule has 0 spiro atoms. The normalized spacial score (nSPS) is 20.8. The SMILES string of the molecule is Cc1nc(N(C)C)nc(C)c1C(=O)N1CC2CN(CCC(NC(=O)O)c3ccccc3)C[C@@H]2C1. The van der Waals surface area contributed by atoms with E-state index >= 15 is 0 Å². The molecule has 2 amide bonds. The van der Waals surface area contributed by atoms with Crippen molar-refractivity contribution in [1.29, 1.82) is 0 Å². The molecule has 1 aromatic carbocycles. The van der Waals surface area contributed by atoms with E-state index in [4.69, 9.17) is 0 Å². The summed E-state index contributed by atoms with van der Waals surface area (Å²) >= 11 is 0. The van der Waals surface area contributed by atoms with E-state index in [1.807, 2.05) is 68.1 Å². The van der Waals surface area contributed by atoms with E-state index in [0.717, 1.165) is 49.7 Å². The summed E-state index contributed by atoms with van der Waals surface area (Å²) < 4.78 is 0. The van der Waals surface area contributed by atoms with Gasteiger partial charge in [-0.2, -0.15) is 0 Å². The maximum Gasteiger partial charge on any atom is 0.405 e. The minimum atomic E-state index is -1.01. The summed E-state index contributed by atoms with van der Waals surface area (Å²) in [5.74, 6) is 1.52. The molecule has 4 rings (SSSR count). The van der Waals surface area contributed by atoms with Gasteiger partial charge in [-0.25, -0.2) is 14.8 Å². The number of nitrogens with zero attached hydrogens (tertiary/aromatic N) is 5. The number of anilines is 1. The van der Waals surface area contributed by atoms with Crippen LogP contribution in [-0.4, -0.2) is 83.7 Å². The number of aryl methyl sites for hydroxylation is 2. The number of rotatable bonds is 7. The van der Waals surface area contributed by atoms with Gasteiger partial charge in [0.1, 0.15) is 0 Å². The number of hydrogen-bond acceptors (Lipinski definition) is 6. The summed E-state index contributed by atoms with van der Waals surface area (Å²) in [4.78, 5) is 39.8. The highest BCUT2D eigenvalue weighted by Gasteiger charge is 2.42. The van der Waals surface area contributed by atoms with E-state index in [2.05, 4.69) is 20.2 Å². The van der Waals surface area contributed by atoms with E-state index in [1.165, 1.54) is 0 Å². The van der Waals surface area contributed by atoms with Crippen molar-refractivity contribution in [3.05, 3.63) is 52.8 Å². The third-order valence-corrected chi connectivity index (χ3v) is 6.96. The van der Waals surface area contributed by atoms with Crippen LogP contribution < -0.4 is 10.2 Å². The first kappa shape index (κ1) is 23.9. The molecule has 2 aliphatic rings. The van der Waals surface area contributed by atoms with E-state index in [0.29, 0.717) is 29.8 Å². The Bertz CT molecular complexity index is 1010. The molecule has 34 heavy (non-hydrogen) atoms. The van der Waals surface area contributed by atoms with Gasteiger partial charge in [-0.1, -0.05) is 30.3 Å². The standard InChI is InChI=1S/C25H34N6O3/c1-16-22(17(2)27-24(26-16)29(3)4)23(32)31-14-19-12-30(13-20(19)15-31)11-10-21(28-25(33)34)18-8-6-5-7-9-18/h5-9,19-21,28H,10-15H2,1-4H3,(H,33,34)/t19-,20?,21?/m1/s1. The summed E-state index contributed by atoms with van der Waals surface area (Å²) in [6.45, 7) is 7.91. The molecular weight excluding hydrogens is 432 g/mol. The molecule has 1 aromatic heterocycles. The molecule has 0 radical (unpaired) electrons. The summed E-state index contributed by atoms with van der Waals surface area (Å²) in [6.07, 6.45) is -0.290. The van der Waals surface area contributed by atoms with Crippen molar-refractivity contribution in [2.24, 2.45) is 11.8 Å². The first-order valence-electron chi connectivity index (χ1n) is 11.8. The van der Waals surface area contributed by atoms with Gasteiger partial charge in [0.2, 0.25) is 5.95 Å². The molecule has 3 atom stereocenters. The van der Waals surface area contributed by atoms with E-state index in [9.17, 15) is 14.7 Å². The number of carboxylic acid groups (broad SMARTS) is 1. The second-order valence-corrected chi connectivity index (χ2v) is 9.66. The molecule has 0 aliphatic carbocycles. The van der Waals surface area contributed by atoms with Crippen LogP contribution in [0.4, 0.5) is 10.7 Å². The van der Waals surface area contributed by atoms with E-state index in [1.54, 1.807) is 0 Å². The molecule has 0 saturated carbocycles. The zero-order valence-electron chi connectivity index (χ0n) is 20.4. The molecule has 2 N–H and O–H groups in total. The summed E-state index contributed by atoms with van der Waals surface area (Å²) in [5.41, 5.74) is 3.04. The van der Waals surface area contributed by atoms with Crippen molar-refractivity contribution < 1.29 is 14.7 Å². The number of likely N-dealkylation sites (tertiary alicyclic amines) is 2. The predicted molar refractivity (Wildman–Crippen MR) is 130 cm³/mol. The van der Waals surface area contributed by atoms with Crippen LogP contribution in [0, 0.1) is 25.7 Å². The van der Waals surface area contributed by atoms with Gasteiger partial charge >= 0.3 is 6.09 Å². The Kier molecular flexibility index (Phi) is 7.02. The summed E-state index contributed by atoms with van der Waals surface area (Å²) in [6, 6.07) is 9.49. The average Bonchev–Trinajstić information content (AvgIpc) is 3.35. The van der Waals surface area contributed by atoms with Crippen LogP contribution in [0.5, 0.6) is 0 Å². The van der Waals surface area contributed by atoms with Crippen molar-refractivity contribution >= 4 is 17.9 Å². The van der Waals surface area contributed by atoms with Gasteiger partial charge in [-0.05, 0) is 37.7 Å². The number of carbonyl (C=O) groups is 2.